The number of aryl methyl sites for hydroxylation is 1. The Kier molecular flexibility index (Phi) is 5.75. The predicted octanol–water partition coefficient (Wildman–Crippen LogP) is 2.85. The first-order valence-electron chi connectivity index (χ1n) is 9.39. The standard InChI is InChI=1S/C21H28N4O2/c1-15-13-19(25-9-11-27-12-10-25)24-18(23-15)14-22-20(26)16-5-7-17(8-6-16)21(2,3)4/h5-8,13H,9-12,14H2,1-4H3,(H,22,26). The SMILES string of the molecule is Cc1cc(N2CCOCC2)nc(CNC(=O)c2ccc(C(C)(C)C)cc2)n1. The van der Waals surface area contributed by atoms with E-state index in [9.17, 15) is 4.79 Å². The van der Waals surface area contributed by atoms with Gasteiger partial charge in [-0.1, -0.05) is 32.9 Å². The molecule has 1 aliphatic heterocycles. The van der Waals surface area contributed by atoms with Crippen molar-refractivity contribution in [2.45, 2.75) is 39.7 Å². The second-order valence-corrected chi connectivity index (χ2v) is 7.89. The van der Waals surface area contributed by atoms with Crippen LogP contribution in [0.3, 0.4) is 0 Å². The van der Waals surface area contributed by atoms with E-state index in [-0.39, 0.29) is 11.3 Å². The summed E-state index contributed by atoms with van der Waals surface area (Å²) in [4.78, 5) is 23.7. The average Bonchev–Trinajstić information content (AvgIpc) is 2.66. The second kappa shape index (κ2) is 8.05. The van der Waals surface area contributed by atoms with Crippen LogP contribution in [-0.4, -0.2) is 42.2 Å². The minimum absolute atomic E-state index is 0.0697. The van der Waals surface area contributed by atoms with Gasteiger partial charge in [-0.3, -0.25) is 4.79 Å². The molecule has 1 saturated heterocycles. The predicted molar refractivity (Wildman–Crippen MR) is 106 cm³/mol. The van der Waals surface area contributed by atoms with Gasteiger partial charge in [0.05, 0.1) is 19.8 Å². The van der Waals surface area contributed by atoms with Crippen LogP contribution in [0.1, 0.15) is 48.2 Å². The number of morpholine rings is 1. The van der Waals surface area contributed by atoms with Crippen LogP contribution < -0.4 is 10.2 Å². The number of hydrogen-bond donors (Lipinski definition) is 1. The number of carbonyl (C=O) groups excluding carboxylic acids is 1. The molecule has 0 aliphatic carbocycles. The maximum atomic E-state index is 12.5. The monoisotopic (exact) mass is 368 g/mol. The van der Waals surface area contributed by atoms with Crippen LogP contribution in [0.25, 0.3) is 0 Å². The summed E-state index contributed by atoms with van der Waals surface area (Å²) in [6.45, 7) is 11.8. The van der Waals surface area contributed by atoms with Crippen molar-refractivity contribution >= 4 is 11.7 Å². The first kappa shape index (κ1) is 19.3. The van der Waals surface area contributed by atoms with E-state index >= 15 is 0 Å². The number of nitrogens with one attached hydrogen (secondary N) is 1. The molecule has 1 N–H and O–H groups in total. The van der Waals surface area contributed by atoms with Crippen molar-refractivity contribution in [1.29, 1.82) is 0 Å². The Bertz CT molecular complexity index is 791. The minimum atomic E-state index is -0.117. The van der Waals surface area contributed by atoms with E-state index in [2.05, 4.69) is 41.0 Å². The van der Waals surface area contributed by atoms with Crippen molar-refractivity contribution in [3.8, 4) is 0 Å². The van der Waals surface area contributed by atoms with Crippen molar-refractivity contribution in [3.05, 3.63) is 53.0 Å². The molecule has 27 heavy (non-hydrogen) atoms. The van der Waals surface area contributed by atoms with Crippen molar-refractivity contribution in [2.75, 3.05) is 31.2 Å². The van der Waals surface area contributed by atoms with Crippen molar-refractivity contribution in [1.82, 2.24) is 15.3 Å². The first-order chi connectivity index (χ1) is 12.8. The lowest BCUT2D eigenvalue weighted by Crippen LogP contribution is -2.37. The Morgan fingerprint density at radius 2 is 1.81 bits per heavy atom. The number of ether oxygens (including phenoxy) is 1. The molecule has 144 valence electrons. The normalized spacial score (nSPS) is 14.9. The molecule has 0 atom stereocenters. The third kappa shape index (κ3) is 5.04. The third-order valence-corrected chi connectivity index (χ3v) is 4.64. The summed E-state index contributed by atoms with van der Waals surface area (Å²) in [6, 6.07) is 9.73. The van der Waals surface area contributed by atoms with E-state index in [1.165, 1.54) is 5.56 Å². The van der Waals surface area contributed by atoms with Crippen LogP contribution in [0.15, 0.2) is 30.3 Å². The molecule has 0 unspecified atom stereocenters. The zero-order valence-corrected chi connectivity index (χ0v) is 16.6. The molecule has 1 aromatic heterocycles. The summed E-state index contributed by atoms with van der Waals surface area (Å²) < 4.78 is 5.40. The van der Waals surface area contributed by atoms with Crippen molar-refractivity contribution in [2.24, 2.45) is 0 Å². The van der Waals surface area contributed by atoms with E-state index < -0.39 is 0 Å². The summed E-state index contributed by atoms with van der Waals surface area (Å²) in [5.74, 6) is 1.40. The Morgan fingerprint density at radius 3 is 2.44 bits per heavy atom. The lowest BCUT2D eigenvalue weighted by Gasteiger charge is -2.28. The average molecular weight is 368 g/mol. The third-order valence-electron chi connectivity index (χ3n) is 4.64. The van der Waals surface area contributed by atoms with Gasteiger partial charge in [-0.05, 0) is 30.0 Å². The molecule has 6 nitrogen and oxygen atoms in total. The fraction of sp³-hybridized carbons (Fsp3) is 0.476. The molecule has 1 aliphatic rings. The molecule has 2 aromatic rings. The summed E-state index contributed by atoms with van der Waals surface area (Å²) in [7, 11) is 0. The second-order valence-electron chi connectivity index (χ2n) is 7.89. The topological polar surface area (TPSA) is 67.3 Å². The fourth-order valence-corrected chi connectivity index (χ4v) is 3.03. The molecule has 0 bridgehead atoms. The minimum Gasteiger partial charge on any atom is -0.378 e. The molecule has 0 saturated carbocycles. The van der Waals surface area contributed by atoms with Crippen LogP contribution >= 0.6 is 0 Å². The number of benzene rings is 1. The number of nitrogens with zero attached hydrogens (tertiary/aromatic N) is 3. The van der Waals surface area contributed by atoms with Crippen LogP contribution in [-0.2, 0) is 16.7 Å². The maximum Gasteiger partial charge on any atom is 0.251 e. The number of amides is 1. The van der Waals surface area contributed by atoms with Gasteiger partial charge in [-0.2, -0.15) is 0 Å². The summed E-state index contributed by atoms with van der Waals surface area (Å²) in [5, 5.41) is 2.92. The molecule has 1 fully saturated rings. The van der Waals surface area contributed by atoms with Gasteiger partial charge < -0.3 is 15.0 Å². The van der Waals surface area contributed by atoms with E-state index in [1.54, 1.807) is 0 Å². The highest BCUT2D eigenvalue weighted by Gasteiger charge is 2.16. The van der Waals surface area contributed by atoms with Crippen molar-refractivity contribution < 1.29 is 9.53 Å². The van der Waals surface area contributed by atoms with Crippen LogP contribution in [0.5, 0.6) is 0 Å². The lowest BCUT2D eigenvalue weighted by molar-refractivity contribution is 0.0949. The Labute approximate surface area is 161 Å². The maximum absolute atomic E-state index is 12.5. The Balaban J connectivity index is 1.65. The van der Waals surface area contributed by atoms with Crippen LogP contribution in [0.4, 0.5) is 5.82 Å². The molecule has 2 heterocycles. The summed E-state index contributed by atoms with van der Waals surface area (Å²) in [5.41, 5.74) is 2.81. The van der Waals surface area contributed by atoms with Gasteiger partial charge in [-0.25, -0.2) is 9.97 Å². The molecule has 0 radical (unpaired) electrons. The molecular weight excluding hydrogens is 340 g/mol. The Morgan fingerprint density at radius 1 is 1.15 bits per heavy atom. The molecule has 1 aromatic carbocycles. The molecule has 0 spiro atoms. The van der Waals surface area contributed by atoms with Gasteiger partial charge in [-0.15, -0.1) is 0 Å². The highest BCUT2D eigenvalue weighted by molar-refractivity contribution is 5.94. The fourth-order valence-electron chi connectivity index (χ4n) is 3.03. The Hall–Kier alpha value is -2.47. The van der Waals surface area contributed by atoms with Crippen LogP contribution in [0.2, 0.25) is 0 Å². The number of hydrogen-bond acceptors (Lipinski definition) is 5. The summed E-state index contributed by atoms with van der Waals surface area (Å²) in [6.07, 6.45) is 0. The quantitative estimate of drug-likeness (QED) is 0.899. The van der Waals surface area contributed by atoms with E-state index in [1.807, 2.05) is 37.3 Å². The van der Waals surface area contributed by atoms with Gasteiger partial charge in [0.1, 0.15) is 11.6 Å². The number of rotatable bonds is 4. The van der Waals surface area contributed by atoms with Gasteiger partial charge in [0.25, 0.3) is 5.91 Å². The molecular formula is C21H28N4O2. The molecule has 6 heteroatoms. The highest BCUT2D eigenvalue weighted by atomic mass is 16.5. The summed E-state index contributed by atoms with van der Waals surface area (Å²) >= 11 is 0. The zero-order chi connectivity index (χ0) is 19.4. The smallest absolute Gasteiger partial charge is 0.251 e. The van der Waals surface area contributed by atoms with Gasteiger partial charge in [0, 0.05) is 30.4 Å². The van der Waals surface area contributed by atoms with E-state index in [0.29, 0.717) is 31.1 Å². The van der Waals surface area contributed by atoms with Crippen molar-refractivity contribution in [3.63, 3.8) is 0 Å². The molecule has 3 rings (SSSR count). The van der Waals surface area contributed by atoms with Gasteiger partial charge in [0.15, 0.2) is 0 Å². The molecule has 1 amide bonds. The highest BCUT2D eigenvalue weighted by Crippen LogP contribution is 2.22. The number of aromatic nitrogens is 2. The largest absolute Gasteiger partial charge is 0.378 e. The van der Waals surface area contributed by atoms with Crippen LogP contribution in [0, 0.1) is 6.92 Å². The van der Waals surface area contributed by atoms with E-state index in [0.717, 1.165) is 24.6 Å². The number of carbonyl (C=O) groups is 1. The number of anilines is 1. The van der Waals surface area contributed by atoms with E-state index in [4.69, 9.17) is 4.74 Å². The lowest BCUT2D eigenvalue weighted by atomic mass is 9.87. The zero-order valence-electron chi connectivity index (χ0n) is 16.6. The first-order valence-corrected chi connectivity index (χ1v) is 9.39. The van der Waals surface area contributed by atoms with Gasteiger partial charge in [0.2, 0.25) is 0 Å². The van der Waals surface area contributed by atoms with Gasteiger partial charge >= 0.3 is 0 Å².